The SMILES string of the molecule is COCCOc1cc(OCCOC)c(PC(=O)c2c(C)cc(C(C)(C)C)cc2C)c(OCCOC)c1. The molecule has 0 fully saturated rings. The van der Waals surface area contributed by atoms with Crippen LogP contribution in [0.25, 0.3) is 0 Å². The lowest BCUT2D eigenvalue weighted by Gasteiger charge is -2.22. The van der Waals surface area contributed by atoms with E-state index in [0.717, 1.165) is 16.7 Å². The zero-order valence-electron chi connectivity index (χ0n) is 22.9. The molecule has 0 saturated heterocycles. The van der Waals surface area contributed by atoms with Crippen LogP contribution in [-0.4, -0.2) is 66.5 Å². The molecule has 8 heteroatoms. The Kier molecular flexibility index (Phi) is 12.1. The molecule has 0 heterocycles. The molecule has 2 aromatic rings. The molecule has 1 atom stereocenters. The van der Waals surface area contributed by atoms with Gasteiger partial charge >= 0.3 is 0 Å². The number of hydrogen-bond donors (Lipinski definition) is 0. The Bertz CT molecular complexity index is 944. The van der Waals surface area contributed by atoms with E-state index in [0.29, 0.717) is 62.2 Å². The zero-order valence-corrected chi connectivity index (χ0v) is 23.9. The average Bonchev–Trinajstić information content (AvgIpc) is 2.80. The molecule has 0 aliphatic heterocycles. The van der Waals surface area contributed by atoms with Gasteiger partial charge in [-0.2, -0.15) is 0 Å². The minimum Gasteiger partial charge on any atom is -0.491 e. The third-order valence-corrected chi connectivity index (χ3v) is 6.77. The number of aryl methyl sites for hydroxylation is 2. The second kappa shape index (κ2) is 14.5. The summed E-state index contributed by atoms with van der Waals surface area (Å²) in [5, 5.41) is 0.699. The highest BCUT2D eigenvalue weighted by Gasteiger charge is 2.23. The summed E-state index contributed by atoms with van der Waals surface area (Å²) < 4.78 is 33.3. The summed E-state index contributed by atoms with van der Waals surface area (Å²) in [6, 6.07) is 7.83. The minimum atomic E-state index is -0.199. The Balaban J connectivity index is 2.48. The number of hydrogen-bond acceptors (Lipinski definition) is 7. The van der Waals surface area contributed by atoms with Crippen molar-refractivity contribution in [2.24, 2.45) is 0 Å². The maximum atomic E-state index is 13.7. The molecule has 36 heavy (non-hydrogen) atoms. The van der Waals surface area contributed by atoms with Crippen LogP contribution < -0.4 is 19.5 Å². The van der Waals surface area contributed by atoms with E-state index in [1.807, 2.05) is 13.8 Å². The van der Waals surface area contributed by atoms with Crippen molar-refractivity contribution in [1.29, 1.82) is 0 Å². The standard InChI is InChI=1S/C28H41O7P/c1-19-15-21(28(3,4)5)16-20(2)25(19)27(29)36-26-23(34-13-10-31-7)17-22(33-12-9-30-6)18-24(26)35-14-11-32-8/h15-18,36H,9-14H2,1-8H3. The van der Waals surface area contributed by atoms with Crippen molar-refractivity contribution in [3.05, 3.63) is 46.5 Å². The van der Waals surface area contributed by atoms with Crippen molar-refractivity contribution in [2.75, 3.05) is 61.0 Å². The highest BCUT2D eigenvalue weighted by atomic mass is 31.1. The van der Waals surface area contributed by atoms with E-state index in [-0.39, 0.29) is 19.5 Å². The summed E-state index contributed by atoms with van der Waals surface area (Å²) in [5.41, 5.74) is 3.94. The molecule has 7 nitrogen and oxygen atoms in total. The van der Waals surface area contributed by atoms with E-state index in [9.17, 15) is 4.79 Å². The molecular weight excluding hydrogens is 479 g/mol. The van der Waals surface area contributed by atoms with Gasteiger partial charge in [-0.1, -0.05) is 32.9 Å². The first-order valence-corrected chi connectivity index (χ1v) is 13.1. The van der Waals surface area contributed by atoms with Crippen molar-refractivity contribution >= 4 is 19.4 Å². The number of carbonyl (C=O) groups is 1. The van der Waals surface area contributed by atoms with Gasteiger partial charge in [0.25, 0.3) is 0 Å². The summed E-state index contributed by atoms with van der Waals surface area (Å²) >= 11 is 0. The third kappa shape index (κ3) is 8.74. The number of ether oxygens (including phenoxy) is 6. The summed E-state index contributed by atoms with van der Waals surface area (Å²) in [7, 11) is 4.66. The van der Waals surface area contributed by atoms with E-state index < -0.39 is 0 Å². The van der Waals surface area contributed by atoms with Crippen LogP contribution in [0.1, 0.15) is 47.8 Å². The molecule has 1 unspecified atom stereocenters. The van der Waals surface area contributed by atoms with E-state index in [4.69, 9.17) is 28.4 Å². The highest BCUT2D eigenvalue weighted by Crippen LogP contribution is 2.36. The Hall–Kier alpha value is -2.18. The minimum absolute atomic E-state index is 0.00272. The molecule has 0 saturated carbocycles. The van der Waals surface area contributed by atoms with Crippen molar-refractivity contribution in [3.63, 3.8) is 0 Å². The topological polar surface area (TPSA) is 72.5 Å². The molecule has 0 spiro atoms. The molecule has 0 aliphatic rings. The largest absolute Gasteiger partial charge is 0.491 e. The summed E-state index contributed by atoms with van der Waals surface area (Å²) in [6.45, 7) is 12.8. The van der Waals surface area contributed by atoms with Gasteiger partial charge in [0, 0.05) is 39.0 Å². The maximum absolute atomic E-state index is 13.7. The Morgan fingerprint density at radius 3 is 1.58 bits per heavy atom. The third-order valence-electron chi connectivity index (χ3n) is 5.55. The van der Waals surface area contributed by atoms with Crippen LogP contribution in [0, 0.1) is 13.8 Å². The number of benzene rings is 2. The van der Waals surface area contributed by atoms with Crippen LogP contribution in [0.4, 0.5) is 0 Å². The summed E-state index contributed by atoms with van der Waals surface area (Å²) in [5.74, 6) is 1.67. The quantitative estimate of drug-likeness (QED) is 0.246. The maximum Gasteiger partial charge on any atom is 0.186 e. The zero-order chi connectivity index (χ0) is 26.7. The van der Waals surface area contributed by atoms with Gasteiger partial charge in [0.05, 0.1) is 25.1 Å². The fraction of sp³-hybridized carbons (Fsp3) is 0.536. The molecule has 0 aromatic heterocycles. The molecule has 0 N–H and O–H groups in total. The molecule has 200 valence electrons. The first-order valence-electron chi connectivity index (χ1n) is 12.1. The van der Waals surface area contributed by atoms with E-state index in [1.54, 1.807) is 33.5 Å². The van der Waals surface area contributed by atoms with E-state index >= 15 is 0 Å². The Morgan fingerprint density at radius 1 is 0.722 bits per heavy atom. The van der Waals surface area contributed by atoms with Gasteiger partial charge in [-0.05, 0) is 44.5 Å². The fourth-order valence-corrected chi connectivity index (χ4v) is 4.93. The lowest BCUT2D eigenvalue weighted by molar-refractivity contribution is 0.108. The number of carbonyl (C=O) groups excluding carboxylic acids is 1. The summed E-state index contributed by atoms with van der Waals surface area (Å²) in [4.78, 5) is 13.7. The van der Waals surface area contributed by atoms with Gasteiger partial charge in [0.1, 0.15) is 37.1 Å². The van der Waals surface area contributed by atoms with Crippen LogP contribution in [0.3, 0.4) is 0 Å². The Labute approximate surface area is 217 Å². The summed E-state index contributed by atoms with van der Waals surface area (Å²) in [6.07, 6.45) is 0. The molecule has 2 aromatic carbocycles. The van der Waals surface area contributed by atoms with Crippen molar-refractivity contribution in [2.45, 2.75) is 40.0 Å². The van der Waals surface area contributed by atoms with Crippen LogP contribution in [-0.2, 0) is 19.6 Å². The molecular formula is C28H41O7P. The monoisotopic (exact) mass is 520 g/mol. The second-order valence-electron chi connectivity index (χ2n) is 9.51. The van der Waals surface area contributed by atoms with Gasteiger partial charge in [-0.25, -0.2) is 0 Å². The van der Waals surface area contributed by atoms with E-state index in [2.05, 4.69) is 32.9 Å². The molecule has 0 bridgehead atoms. The van der Waals surface area contributed by atoms with Crippen LogP contribution >= 0.6 is 8.58 Å². The van der Waals surface area contributed by atoms with Crippen molar-refractivity contribution in [3.8, 4) is 17.2 Å². The predicted molar refractivity (Wildman–Crippen MR) is 145 cm³/mol. The smallest absolute Gasteiger partial charge is 0.186 e. The van der Waals surface area contributed by atoms with Crippen LogP contribution in [0.2, 0.25) is 0 Å². The first-order chi connectivity index (χ1) is 17.1. The van der Waals surface area contributed by atoms with Crippen LogP contribution in [0.15, 0.2) is 24.3 Å². The van der Waals surface area contributed by atoms with Gasteiger partial charge in [-0.15, -0.1) is 0 Å². The van der Waals surface area contributed by atoms with Gasteiger partial charge in [0.2, 0.25) is 0 Å². The molecule has 0 aliphatic carbocycles. The average molecular weight is 521 g/mol. The molecule has 2 rings (SSSR count). The fourth-order valence-electron chi connectivity index (χ4n) is 3.64. The van der Waals surface area contributed by atoms with Crippen molar-refractivity contribution < 1.29 is 33.2 Å². The highest BCUT2D eigenvalue weighted by molar-refractivity contribution is 7.66. The van der Waals surface area contributed by atoms with E-state index in [1.165, 1.54) is 5.56 Å². The number of methoxy groups -OCH3 is 3. The first kappa shape index (κ1) is 30.0. The van der Waals surface area contributed by atoms with Gasteiger partial charge in [0.15, 0.2) is 5.52 Å². The van der Waals surface area contributed by atoms with Crippen LogP contribution in [0.5, 0.6) is 17.2 Å². The molecule has 0 radical (unpaired) electrons. The van der Waals surface area contributed by atoms with Crippen molar-refractivity contribution in [1.82, 2.24) is 0 Å². The lowest BCUT2D eigenvalue weighted by atomic mass is 9.84. The van der Waals surface area contributed by atoms with Gasteiger partial charge in [-0.3, -0.25) is 4.79 Å². The predicted octanol–water partition coefficient (Wildman–Crippen LogP) is 4.82. The van der Waals surface area contributed by atoms with Gasteiger partial charge < -0.3 is 28.4 Å². The molecule has 0 amide bonds. The normalized spacial score (nSPS) is 11.8. The second-order valence-corrected chi connectivity index (χ2v) is 10.7. The Morgan fingerprint density at radius 2 is 1.17 bits per heavy atom. The number of rotatable bonds is 15. The lowest BCUT2D eigenvalue weighted by Crippen LogP contribution is -2.17.